The Labute approximate surface area is 159 Å². The van der Waals surface area contributed by atoms with Crippen molar-refractivity contribution in [2.75, 3.05) is 6.61 Å². The second kappa shape index (κ2) is 23.9. The molecule has 0 N–H and O–H groups in total. The maximum atomic E-state index is 4.76. The second-order valence-electron chi connectivity index (χ2n) is 7.66. The molecular formula is C23H47O2. The molecule has 151 valence electrons. The van der Waals surface area contributed by atoms with E-state index in [1.165, 1.54) is 122 Å². The largest absolute Gasteiger partial charge is 0.237 e. The van der Waals surface area contributed by atoms with Crippen LogP contribution in [0.2, 0.25) is 0 Å². The first-order valence-corrected chi connectivity index (χ1v) is 11.5. The van der Waals surface area contributed by atoms with Crippen molar-refractivity contribution < 1.29 is 9.78 Å². The van der Waals surface area contributed by atoms with Crippen LogP contribution in [0.3, 0.4) is 0 Å². The van der Waals surface area contributed by atoms with Crippen LogP contribution < -0.4 is 0 Å². The molecule has 0 aliphatic heterocycles. The van der Waals surface area contributed by atoms with E-state index >= 15 is 0 Å². The molecule has 0 fully saturated rings. The zero-order valence-corrected chi connectivity index (χ0v) is 17.4. The first-order chi connectivity index (χ1) is 12.4. The average molecular weight is 356 g/mol. The van der Waals surface area contributed by atoms with Crippen molar-refractivity contribution in [2.45, 2.75) is 135 Å². The molecule has 2 nitrogen and oxygen atoms in total. The van der Waals surface area contributed by atoms with Gasteiger partial charge in [-0.25, -0.2) is 9.78 Å². The number of rotatable bonds is 22. The van der Waals surface area contributed by atoms with Gasteiger partial charge in [-0.2, -0.15) is 0 Å². The summed E-state index contributed by atoms with van der Waals surface area (Å²) in [6, 6.07) is 0. The molecule has 0 atom stereocenters. The van der Waals surface area contributed by atoms with E-state index in [-0.39, 0.29) is 0 Å². The van der Waals surface area contributed by atoms with Gasteiger partial charge in [0.05, 0.1) is 6.61 Å². The summed E-state index contributed by atoms with van der Waals surface area (Å²) >= 11 is 0. The first-order valence-electron chi connectivity index (χ1n) is 11.5. The Kier molecular flexibility index (Phi) is 23.8. The van der Waals surface area contributed by atoms with Crippen molar-refractivity contribution in [3.63, 3.8) is 0 Å². The number of unbranched alkanes of at least 4 members (excludes halogenated alkanes) is 19. The monoisotopic (exact) mass is 355 g/mol. The molecular weight excluding hydrogens is 308 g/mol. The van der Waals surface area contributed by atoms with Crippen LogP contribution in [0.15, 0.2) is 0 Å². The lowest BCUT2D eigenvalue weighted by molar-refractivity contribution is -0.253. The van der Waals surface area contributed by atoms with Crippen LogP contribution in [0.4, 0.5) is 0 Å². The van der Waals surface area contributed by atoms with Gasteiger partial charge in [-0.15, -0.1) is 0 Å². The van der Waals surface area contributed by atoms with Crippen molar-refractivity contribution in [1.82, 2.24) is 0 Å². The Morgan fingerprint density at radius 1 is 0.440 bits per heavy atom. The topological polar surface area (TPSA) is 18.5 Å². The summed E-state index contributed by atoms with van der Waals surface area (Å²) in [5, 5.41) is 0. The van der Waals surface area contributed by atoms with Gasteiger partial charge in [0.25, 0.3) is 0 Å². The van der Waals surface area contributed by atoms with Gasteiger partial charge in [0.1, 0.15) is 7.11 Å². The molecule has 0 aromatic heterocycles. The average Bonchev–Trinajstić information content (AvgIpc) is 2.63. The Balaban J connectivity index is 2.94. The molecule has 0 saturated heterocycles. The molecule has 0 unspecified atom stereocenters. The highest BCUT2D eigenvalue weighted by Crippen LogP contribution is 2.14. The molecule has 0 aliphatic carbocycles. The van der Waals surface area contributed by atoms with E-state index in [9.17, 15) is 0 Å². The highest BCUT2D eigenvalue weighted by molar-refractivity contribution is 4.50. The van der Waals surface area contributed by atoms with E-state index in [1.807, 2.05) is 0 Å². The Bertz CT molecular complexity index is 196. The van der Waals surface area contributed by atoms with Crippen LogP contribution in [0.1, 0.15) is 135 Å². The SMILES string of the molecule is [CH2]OOCCCCCCCCCCCCCCCCCCCCCC. The van der Waals surface area contributed by atoms with E-state index in [4.69, 9.17) is 4.89 Å². The molecule has 0 saturated carbocycles. The molecule has 0 spiro atoms. The highest BCUT2D eigenvalue weighted by Gasteiger charge is 1.95. The molecule has 2 heteroatoms. The molecule has 25 heavy (non-hydrogen) atoms. The minimum atomic E-state index is 0.683. The quantitative estimate of drug-likeness (QED) is 0.110. The third-order valence-corrected chi connectivity index (χ3v) is 5.16. The Morgan fingerprint density at radius 3 is 1.00 bits per heavy atom. The summed E-state index contributed by atoms with van der Waals surface area (Å²) in [5.74, 6) is 0. The van der Waals surface area contributed by atoms with Gasteiger partial charge in [0, 0.05) is 0 Å². The fourth-order valence-corrected chi connectivity index (χ4v) is 3.48. The van der Waals surface area contributed by atoms with Gasteiger partial charge in [-0.3, -0.25) is 0 Å². The zero-order chi connectivity index (χ0) is 18.3. The number of hydrogen-bond acceptors (Lipinski definition) is 2. The van der Waals surface area contributed by atoms with E-state index in [0.717, 1.165) is 6.42 Å². The smallest absolute Gasteiger partial charge is 0.109 e. The van der Waals surface area contributed by atoms with E-state index in [2.05, 4.69) is 18.9 Å². The maximum absolute atomic E-state index is 4.76. The molecule has 0 bridgehead atoms. The van der Waals surface area contributed by atoms with Crippen LogP contribution in [0.25, 0.3) is 0 Å². The molecule has 1 radical (unpaired) electrons. The highest BCUT2D eigenvalue weighted by atomic mass is 17.2. The lowest BCUT2D eigenvalue weighted by atomic mass is 10.0. The molecule has 0 aromatic carbocycles. The van der Waals surface area contributed by atoms with Crippen LogP contribution in [-0.4, -0.2) is 6.61 Å². The maximum Gasteiger partial charge on any atom is 0.109 e. The minimum absolute atomic E-state index is 0.683. The molecule has 0 aliphatic rings. The Hall–Kier alpha value is -0.0800. The molecule has 0 amide bonds. The molecule has 0 rings (SSSR count). The Morgan fingerprint density at radius 2 is 0.720 bits per heavy atom. The second-order valence-corrected chi connectivity index (χ2v) is 7.66. The van der Waals surface area contributed by atoms with E-state index in [0.29, 0.717) is 6.61 Å². The van der Waals surface area contributed by atoms with Crippen LogP contribution >= 0.6 is 0 Å². The fourth-order valence-electron chi connectivity index (χ4n) is 3.48. The van der Waals surface area contributed by atoms with E-state index in [1.54, 1.807) is 0 Å². The van der Waals surface area contributed by atoms with Crippen molar-refractivity contribution >= 4 is 0 Å². The number of hydrogen-bond donors (Lipinski definition) is 0. The van der Waals surface area contributed by atoms with Gasteiger partial charge >= 0.3 is 0 Å². The van der Waals surface area contributed by atoms with Crippen molar-refractivity contribution in [3.8, 4) is 0 Å². The summed E-state index contributed by atoms with van der Waals surface area (Å²) in [7, 11) is 3.19. The third kappa shape index (κ3) is 23.9. The van der Waals surface area contributed by atoms with Gasteiger partial charge in [-0.05, 0) is 6.42 Å². The van der Waals surface area contributed by atoms with Gasteiger partial charge in [-0.1, -0.05) is 129 Å². The predicted molar refractivity (Wildman–Crippen MR) is 110 cm³/mol. The summed E-state index contributed by atoms with van der Waals surface area (Å²) in [4.78, 5) is 9.09. The summed E-state index contributed by atoms with van der Waals surface area (Å²) < 4.78 is 0. The first kappa shape index (κ1) is 24.9. The van der Waals surface area contributed by atoms with Crippen LogP contribution in [-0.2, 0) is 9.78 Å². The van der Waals surface area contributed by atoms with Crippen molar-refractivity contribution in [2.24, 2.45) is 0 Å². The normalized spacial score (nSPS) is 11.3. The standard InChI is InChI=1S/C23H47O2/c1-3-4-5-6-7-8-9-10-11-12-13-14-15-16-17-18-19-20-21-22-23-25-24-2/h2-23H2,1H3. The summed E-state index contributed by atoms with van der Waals surface area (Å²) in [6.07, 6.45) is 28.2. The lowest BCUT2D eigenvalue weighted by Crippen LogP contribution is -1.91. The molecule has 0 heterocycles. The molecule has 0 aromatic rings. The van der Waals surface area contributed by atoms with Crippen molar-refractivity contribution in [3.05, 3.63) is 7.11 Å². The lowest BCUT2D eigenvalue weighted by Gasteiger charge is -2.04. The van der Waals surface area contributed by atoms with Crippen LogP contribution in [0.5, 0.6) is 0 Å². The fraction of sp³-hybridized carbons (Fsp3) is 0.957. The van der Waals surface area contributed by atoms with Gasteiger partial charge in [0.2, 0.25) is 0 Å². The summed E-state index contributed by atoms with van der Waals surface area (Å²) in [6.45, 7) is 2.98. The van der Waals surface area contributed by atoms with Crippen LogP contribution in [0, 0.1) is 7.11 Å². The van der Waals surface area contributed by atoms with E-state index < -0.39 is 0 Å². The predicted octanol–water partition coefficient (Wildman–Crippen LogP) is 8.55. The van der Waals surface area contributed by atoms with Gasteiger partial charge in [0.15, 0.2) is 0 Å². The third-order valence-electron chi connectivity index (χ3n) is 5.16. The minimum Gasteiger partial charge on any atom is -0.237 e. The van der Waals surface area contributed by atoms with Gasteiger partial charge < -0.3 is 0 Å². The van der Waals surface area contributed by atoms with Crippen molar-refractivity contribution in [1.29, 1.82) is 0 Å². The summed E-state index contributed by atoms with van der Waals surface area (Å²) in [5.41, 5.74) is 0. The zero-order valence-electron chi connectivity index (χ0n) is 17.4.